The minimum Gasteiger partial charge on any atom is -0.449 e. The summed E-state index contributed by atoms with van der Waals surface area (Å²) in [5.41, 5.74) is 3.43. The first-order valence-electron chi connectivity index (χ1n) is 5.50. The van der Waals surface area contributed by atoms with Gasteiger partial charge in [-0.25, -0.2) is 4.39 Å². The van der Waals surface area contributed by atoms with Crippen molar-refractivity contribution in [2.75, 3.05) is 0 Å². The van der Waals surface area contributed by atoms with E-state index in [0.717, 1.165) is 5.56 Å². The Morgan fingerprint density at radius 2 is 1.56 bits per heavy atom. The van der Waals surface area contributed by atoms with E-state index >= 15 is 0 Å². The summed E-state index contributed by atoms with van der Waals surface area (Å²) < 4.78 is 19.1. The van der Waals surface area contributed by atoms with E-state index in [1.807, 2.05) is 12.1 Å². The van der Waals surface area contributed by atoms with Crippen molar-refractivity contribution in [3.8, 4) is 0 Å². The minimum atomic E-state index is -1.76. The molecule has 0 radical (unpaired) electrons. The van der Waals surface area contributed by atoms with Crippen molar-refractivity contribution in [3.05, 3.63) is 41.3 Å². The summed E-state index contributed by atoms with van der Waals surface area (Å²) in [6.07, 6.45) is 0. The van der Waals surface area contributed by atoms with E-state index < -0.39 is 16.6 Å². The fourth-order valence-corrected chi connectivity index (χ4v) is 12.4. The van der Waals surface area contributed by atoms with Gasteiger partial charge in [-0.2, -0.15) is 0 Å². The maximum Gasteiger partial charge on any atom is 0.206 e. The van der Waals surface area contributed by atoms with Crippen LogP contribution in [0, 0.1) is 5.82 Å². The van der Waals surface area contributed by atoms with Crippen LogP contribution in [0.1, 0.15) is 5.56 Å². The molecular formula is C12H17FOSi2. The Kier molecular flexibility index (Phi) is 2.68. The van der Waals surface area contributed by atoms with Crippen molar-refractivity contribution in [2.24, 2.45) is 0 Å². The topological polar surface area (TPSA) is 9.23 Å². The van der Waals surface area contributed by atoms with Crippen LogP contribution in [0.4, 0.5) is 4.39 Å². The summed E-state index contributed by atoms with van der Waals surface area (Å²) in [6, 6.07) is 6.76. The summed E-state index contributed by atoms with van der Waals surface area (Å²) >= 11 is 0. The molecule has 1 aliphatic rings. The van der Waals surface area contributed by atoms with Crippen LogP contribution < -0.4 is 0 Å². The molecule has 0 atom stereocenters. The highest BCUT2D eigenvalue weighted by atomic mass is 28.4. The lowest BCUT2D eigenvalue weighted by molar-refractivity contribution is 0.581. The second-order valence-electron chi connectivity index (χ2n) is 5.28. The smallest absolute Gasteiger partial charge is 0.206 e. The molecule has 0 spiro atoms. The van der Waals surface area contributed by atoms with E-state index in [1.54, 1.807) is 0 Å². The van der Waals surface area contributed by atoms with Crippen LogP contribution in [0.5, 0.6) is 0 Å². The maximum atomic E-state index is 12.9. The van der Waals surface area contributed by atoms with Crippen molar-refractivity contribution in [1.82, 2.24) is 0 Å². The average Bonchev–Trinajstić information content (AvgIpc) is 2.35. The predicted molar refractivity (Wildman–Crippen MR) is 70.4 cm³/mol. The number of halogens is 1. The highest BCUT2D eigenvalue weighted by molar-refractivity contribution is 7.03. The van der Waals surface area contributed by atoms with Crippen LogP contribution in [-0.4, -0.2) is 16.6 Å². The van der Waals surface area contributed by atoms with E-state index in [0.29, 0.717) is 0 Å². The summed E-state index contributed by atoms with van der Waals surface area (Å²) in [7, 11) is -3.39. The summed E-state index contributed by atoms with van der Waals surface area (Å²) in [4.78, 5) is 0. The van der Waals surface area contributed by atoms with Gasteiger partial charge in [-0.3, -0.25) is 0 Å². The molecule has 0 bridgehead atoms. The zero-order chi connectivity index (χ0) is 12.0. The molecule has 0 fully saturated rings. The maximum absolute atomic E-state index is 12.9. The molecule has 86 valence electrons. The Morgan fingerprint density at radius 1 is 1.00 bits per heavy atom. The Morgan fingerprint density at radius 3 is 2.00 bits per heavy atom. The van der Waals surface area contributed by atoms with E-state index in [1.165, 1.54) is 17.3 Å². The molecule has 0 aromatic heterocycles. The quantitative estimate of drug-likeness (QED) is 0.692. The molecule has 16 heavy (non-hydrogen) atoms. The van der Waals surface area contributed by atoms with E-state index in [4.69, 9.17) is 4.12 Å². The molecule has 1 nitrogen and oxygen atoms in total. The average molecular weight is 252 g/mol. The first-order valence-corrected chi connectivity index (χ1v) is 11.4. The standard InChI is InChI=1S/C12H17FOSi2/c1-15(2)9-12(16(3,4)14-15)10-5-7-11(13)8-6-10/h5-9H,1-4H3. The zero-order valence-corrected chi connectivity index (χ0v) is 12.2. The molecule has 0 saturated heterocycles. The van der Waals surface area contributed by atoms with Crippen LogP contribution in [0.15, 0.2) is 30.0 Å². The van der Waals surface area contributed by atoms with Crippen LogP contribution in [0.25, 0.3) is 5.20 Å². The van der Waals surface area contributed by atoms with E-state index in [2.05, 4.69) is 31.9 Å². The number of hydrogen-bond donors (Lipinski definition) is 0. The summed E-state index contributed by atoms with van der Waals surface area (Å²) in [5.74, 6) is -0.181. The fourth-order valence-electron chi connectivity index (χ4n) is 2.32. The number of rotatable bonds is 1. The van der Waals surface area contributed by atoms with Crippen LogP contribution >= 0.6 is 0 Å². The van der Waals surface area contributed by atoms with Crippen molar-refractivity contribution in [1.29, 1.82) is 0 Å². The molecule has 0 saturated carbocycles. The number of benzene rings is 1. The first-order chi connectivity index (χ1) is 7.30. The van der Waals surface area contributed by atoms with Crippen LogP contribution in [0.3, 0.4) is 0 Å². The van der Waals surface area contributed by atoms with Gasteiger partial charge in [0.25, 0.3) is 0 Å². The molecule has 1 aliphatic heterocycles. The Balaban J connectivity index is 2.44. The third-order valence-corrected chi connectivity index (χ3v) is 9.96. The van der Waals surface area contributed by atoms with Crippen LogP contribution in [-0.2, 0) is 4.12 Å². The van der Waals surface area contributed by atoms with Gasteiger partial charge in [-0.15, -0.1) is 0 Å². The Bertz CT molecular complexity index is 435. The molecule has 0 N–H and O–H groups in total. The van der Waals surface area contributed by atoms with Gasteiger partial charge in [-0.05, 0) is 49.1 Å². The number of hydrogen-bond acceptors (Lipinski definition) is 1. The van der Waals surface area contributed by atoms with Gasteiger partial charge in [-0.1, -0.05) is 17.8 Å². The molecule has 1 aromatic carbocycles. The normalized spacial score (nSPS) is 21.9. The van der Waals surface area contributed by atoms with E-state index in [9.17, 15) is 4.39 Å². The van der Waals surface area contributed by atoms with Gasteiger partial charge in [0.15, 0.2) is 8.32 Å². The van der Waals surface area contributed by atoms with Gasteiger partial charge >= 0.3 is 0 Å². The summed E-state index contributed by atoms with van der Waals surface area (Å²) in [6.45, 7) is 8.84. The molecule has 1 aromatic rings. The monoisotopic (exact) mass is 252 g/mol. The minimum absolute atomic E-state index is 0.181. The van der Waals surface area contributed by atoms with Gasteiger partial charge in [0.05, 0.1) is 0 Å². The lowest BCUT2D eigenvalue weighted by Gasteiger charge is -2.24. The van der Waals surface area contributed by atoms with Crippen molar-refractivity contribution < 1.29 is 8.51 Å². The second kappa shape index (κ2) is 3.65. The van der Waals surface area contributed by atoms with Crippen molar-refractivity contribution >= 4 is 21.8 Å². The lowest BCUT2D eigenvalue weighted by Crippen LogP contribution is -2.36. The van der Waals surface area contributed by atoms with Gasteiger partial charge < -0.3 is 4.12 Å². The zero-order valence-electron chi connectivity index (χ0n) is 10.2. The summed E-state index contributed by atoms with van der Waals surface area (Å²) in [5, 5.41) is 1.32. The molecule has 0 unspecified atom stereocenters. The molecule has 1 heterocycles. The van der Waals surface area contributed by atoms with E-state index in [-0.39, 0.29) is 5.82 Å². The second-order valence-corrected chi connectivity index (χ2v) is 13.2. The third kappa shape index (κ3) is 2.19. The fraction of sp³-hybridized carbons (Fsp3) is 0.333. The first kappa shape index (κ1) is 11.8. The highest BCUT2D eigenvalue weighted by Gasteiger charge is 2.42. The Hall–Kier alpha value is -0.716. The van der Waals surface area contributed by atoms with Gasteiger partial charge in [0.2, 0.25) is 8.32 Å². The lowest BCUT2D eigenvalue weighted by atomic mass is 10.2. The molecule has 4 heteroatoms. The molecular weight excluding hydrogens is 235 g/mol. The molecule has 2 rings (SSSR count). The largest absolute Gasteiger partial charge is 0.449 e. The predicted octanol–water partition coefficient (Wildman–Crippen LogP) is 3.73. The SMILES string of the molecule is C[Si]1(C)C=C(c2ccc(F)cc2)[Si](C)(C)O1. The Labute approximate surface area is 98.2 Å². The molecule has 0 aliphatic carbocycles. The van der Waals surface area contributed by atoms with Crippen LogP contribution in [0.2, 0.25) is 26.2 Å². The molecule has 0 amide bonds. The highest BCUT2D eigenvalue weighted by Crippen LogP contribution is 2.37. The van der Waals surface area contributed by atoms with Crippen molar-refractivity contribution in [3.63, 3.8) is 0 Å². The van der Waals surface area contributed by atoms with Gasteiger partial charge in [0.1, 0.15) is 5.82 Å². The van der Waals surface area contributed by atoms with Gasteiger partial charge in [0, 0.05) is 0 Å². The third-order valence-electron chi connectivity index (χ3n) is 2.81. The van der Waals surface area contributed by atoms with Crippen molar-refractivity contribution in [2.45, 2.75) is 26.2 Å².